The van der Waals surface area contributed by atoms with Gasteiger partial charge in [0.2, 0.25) is 5.91 Å². The summed E-state index contributed by atoms with van der Waals surface area (Å²) >= 11 is 0. The Bertz CT molecular complexity index is 337. The van der Waals surface area contributed by atoms with Crippen molar-refractivity contribution in [1.82, 2.24) is 0 Å². The number of hydrogen-bond donors (Lipinski definition) is 2. The minimum Gasteiger partial charge on any atom is -0.397 e. The molecule has 0 aromatic heterocycles. The molecule has 0 aliphatic carbocycles. The van der Waals surface area contributed by atoms with Crippen LogP contribution >= 0.6 is 0 Å². The van der Waals surface area contributed by atoms with E-state index in [1.54, 1.807) is 6.07 Å². The molecule has 0 unspecified atom stereocenters. The first-order valence-electron chi connectivity index (χ1n) is 4.28. The normalized spacial score (nSPS) is 9.86. The summed E-state index contributed by atoms with van der Waals surface area (Å²) in [4.78, 5) is 11.2. The number of anilines is 2. The lowest BCUT2D eigenvalue weighted by molar-refractivity contribution is -0.119. The van der Waals surface area contributed by atoms with E-state index in [0.29, 0.717) is 11.4 Å². The Morgan fingerprint density at radius 3 is 2.86 bits per heavy atom. The van der Waals surface area contributed by atoms with Crippen molar-refractivity contribution in [2.45, 2.75) is 6.92 Å². The van der Waals surface area contributed by atoms with Gasteiger partial charge >= 0.3 is 0 Å². The van der Waals surface area contributed by atoms with E-state index in [4.69, 9.17) is 5.73 Å². The number of nitrogens with one attached hydrogen (secondary N) is 1. The van der Waals surface area contributed by atoms with Crippen molar-refractivity contribution in [3.63, 3.8) is 0 Å². The quantitative estimate of drug-likeness (QED) is 0.710. The number of nitrogens with two attached hydrogens (primary N) is 1. The lowest BCUT2D eigenvalue weighted by atomic mass is 10.2. The number of ether oxygens (including phenoxy) is 1. The van der Waals surface area contributed by atoms with Crippen LogP contribution in [0.1, 0.15) is 5.56 Å². The molecule has 1 aromatic rings. The van der Waals surface area contributed by atoms with E-state index >= 15 is 0 Å². The molecule has 76 valence electrons. The van der Waals surface area contributed by atoms with E-state index in [1.165, 1.54) is 7.11 Å². The maximum atomic E-state index is 11.2. The molecule has 0 fully saturated rings. The van der Waals surface area contributed by atoms with Crippen LogP contribution in [0.4, 0.5) is 11.4 Å². The molecule has 0 aliphatic rings. The summed E-state index contributed by atoms with van der Waals surface area (Å²) in [5.74, 6) is -0.206. The Balaban J connectivity index is 2.72. The number of aryl methyl sites for hydroxylation is 1. The summed E-state index contributed by atoms with van der Waals surface area (Å²) in [6, 6.07) is 5.47. The van der Waals surface area contributed by atoms with Gasteiger partial charge in [-0.05, 0) is 24.6 Å². The van der Waals surface area contributed by atoms with E-state index in [0.717, 1.165) is 5.56 Å². The van der Waals surface area contributed by atoms with Crippen LogP contribution in [0.5, 0.6) is 0 Å². The van der Waals surface area contributed by atoms with Crippen LogP contribution in [0, 0.1) is 6.92 Å². The lowest BCUT2D eigenvalue weighted by Gasteiger charge is -2.07. The molecule has 0 aliphatic heterocycles. The molecule has 4 heteroatoms. The number of amides is 1. The molecule has 0 bridgehead atoms. The number of carbonyl (C=O) groups is 1. The summed E-state index contributed by atoms with van der Waals surface area (Å²) < 4.78 is 4.69. The summed E-state index contributed by atoms with van der Waals surface area (Å²) in [7, 11) is 1.47. The predicted octanol–water partition coefficient (Wildman–Crippen LogP) is 1.16. The van der Waals surface area contributed by atoms with Gasteiger partial charge in [-0.15, -0.1) is 0 Å². The van der Waals surface area contributed by atoms with Gasteiger partial charge < -0.3 is 15.8 Å². The SMILES string of the molecule is COCC(=O)Nc1ccc(C)cc1N. The highest BCUT2D eigenvalue weighted by Gasteiger charge is 2.03. The van der Waals surface area contributed by atoms with Gasteiger partial charge in [0.25, 0.3) is 0 Å². The molecule has 1 aromatic carbocycles. The van der Waals surface area contributed by atoms with Gasteiger partial charge in [-0.25, -0.2) is 0 Å². The molecule has 0 atom stereocenters. The Morgan fingerprint density at radius 1 is 1.57 bits per heavy atom. The molecule has 3 N–H and O–H groups in total. The summed E-state index contributed by atoms with van der Waals surface area (Å²) in [5.41, 5.74) is 7.96. The van der Waals surface area contributed by atoms with Crippen molar-refractivity contribution in [1.29, 1.82) is 0 Å². The van der Waals surface area contributed by atoms with Crippen LogP contribution in [0.3, 0.4) is 0 Å². The molecule has 14 heavy (non-hydrogen) atoms. The molecule has 0 heterocycles. The molecule has 0 spiro atoms. The Kier molecular flexibility index (Phi) is 3.48. The summed E-state index contributed by atoms with van der Waals surface area (Å²) in [5, 5.41) is 2.65. The standard InChI is InChI=1S/C10H14N2O2/c1-7-3-4-9(8(11)5-7)12-10(13)6-14-2/h3-5H,6,11H2,1-2H3,(H,12,13). The van der Waals surface area contributed by atoms with E-state index in [-0.39, 0.29) is 12.5 Å². The Labute approximate surface area is 83.1 Å². The van der Waals surface area contributed by atoms with Gasteiger partial charge in [0.1, 0.15) is 6.61 Å². The number of rotatable bonds is 3. The second-order valence-electron chi connectivity index (χ2n) is 3.07. The second-order valence-corrected chi connectivity index (χ2v) is 3.07. The van der Waals surface area contributed by atoms with Crippen molar-refractivity contribution < 1.29 is 9.53 Å². The van der Waals surface area contributed by atoms with Crippen molar-refractivity contribution in [3.8, 4) is 0 Å². The van der Waals surface area contributed by atoms with Crippen molar-refractivity contribution >= 4 is 17.3 Å². The molecule has 0 saturated carbocycles. The Hall–Kier alpha value is -1.55. The highest BCUT2D eigenvalue weighted by atomic mass is 16.5. The van der Waals surface area contributed by atoms with Crippen molar-refractivity contribution in [2.24, 2.45) is 0 Å². The molecular weight excluding hydrogens is 180 g/mol. The fourth-order valence-corrected chi connectivity index (χ4v) is 1.11. The van der Waals surface area contributed by atoms with Gasteiger partial charge in [0.05, 0.1) is 11.4 Å². The van der Waals surface area contributed by atoms with Gasteiger partial charge in [-0.3, -0.25) is 4.79 Å². The van der Waals surface area contributed by atoms with Crippen molar-refractivity contribution in [3.05, 3.63) is 23.8 Å². The molecular formula is C10H14N2O2. The van der Waals surface area contributed by atoms with Crippen LogP contribution in [0.2, 0.25) is 0 Å². The highest BCUT2D eigenvalue weighted by molar-refractivity contribution is 5.94. The number of nitrogen functional groups attached to an aromatic ring is 1. The molecule has 0 saturated heterocycles. The maximum absolute atomic E-state index is 11.2. The molecule has 1 amide bonds. The minimum atomic E-state index is -0.206. The van der Waals surface area contributed by atoms with E-state index < -0.39 is 0 Å². The average Bonchev–Trinajstić information content (AvgIpc) is 2.10. The first kappa shape index (κ1) is 10.5. The lowest BCUT2D eigenvalue weighted by Crippen LogP contribution is -2.17. The smallest absolute Gasteiger partial charge is 0.250 e. The summed E-state index contributed by atoms with van der Waals surface area (Å²) in [6.07, 6.45) is 0. The second kappa shape index (κ2) is 4.62. The first-order chi connectivity index (χ1) is 6.63. The number of methoxy groups -OCH3 is 1. The zero-order chi connectivity index (χ0) is 10.6. The van der Waals surface area contributed by atoms with Gasteiger partial charge in [0.15, 0.2) is 0 Å². The van der Waals surface area contributed by atoms with Gasteiger partial charge in [-0.2, -0.15) is 0 Å². The third kappa shape index (κ3) is 2.74. The topological polar surface area (TPSA) is 64.3 Å². The third-order valence-corrected chi connectivity index (χ3v) is 1.76. The summed E-state index contributed by atoms with van der Waals surface area (Å²) in [6.45, 7) is 1.98. The zero-order valence-corrected chi connectivity index (χ0v) is 8.33. The number of carbonyl (C=O) groups excluding carboxylic acids is 1. The highest BCUT2D eigenvalue weighted by Crippen LogP contribution is 2.18. The van der Waals surface area contributed by atoms with E-state index in [2.05, 4.69) is 10.1 Å². The largest absolute Gasteiger partial charge is 0.397 e. The predicted molar refractivity (Wildman–Crippen MR) is 56.1 cm³/mol. The van der Waals surface area contributed by atoms with Crippen LogP contribution in [-0.4, -0.2) is 19.6 Å². The average molecular weight is 194 g/mol. The third-order valence-electron chi connectivity index (χ3n) is 1.76. The van der Waals surface area contributed by atoms with E-state index in [9.17, 15) is 4.79 Å². The fourth-order valence-electron chi connectivity index (χ4n) is 1.11. The number of hydrogen-bond acceptors (Lipinski definition) is 3. The monoisotopic (exact) mass is 194 g/mol. The van der Waals surface area contributed by atoms with E-state index in [1.807, 2.05) is 19.1 Å². The first-order valence-corrected chi connectivity index (χ1v) is 4.28. The van der Waals surface area contributed by atoms with Crippen LogP contribution in [0.25, 0.3) is 0 Å². The van der Waals surface area contributed by atoms with Gasteiger partial charge in [0, 0.05) is 7.11 Å². The van der Waals surface area contributed by atoms with Crippen LogP contribution in [-0.2, 0) is 9.53 Å². The van der Waals surface area contributed by atoms with Crippen LogP contribution in [0.15, 0.2) is 18.2 Å². The molecule has 1 rings (SSSR count). The minimum absolute atomic E-state index is 0.0350. The van der Waals surface area contributed by atoms with Crippen molar-refractivity contribution in [2.75, 3.05) is 24.8 Å². The molecule has 4 nitrogen and oxygen atoms in total. The molecule has 0 radical (unpaired) electrons. The zero-order valence-electron chi connectivity index (χ0n) is 8.33. The Morgan fingerprint density at radius 2 is 2.29 bits per heavy atom. The maximum Gasteiger partial charge on any atom is 0.250 e. The number of benzene rings is 1. The fraction of sp³-hybridized carbons (Fsp3) is 0.300. The van der Waals surface area contributed by atoms with Crippen LogP contribution < -0.4 is 11.1 Å². The van der Waals surface area contributed by atoms with Gasteiger partial charge in [-0.1, -0.05) is 6.07 Å².